The largest absolute Gasteiger partial charge is 0.392 e. The molecular weight excluding hydrogens is 310 g/mol. The van der Waals surface area contributed by atoms with Crippen LogP contribution in [0.25, 0.3) is 5.69 Å². The highest BCUT2D eigenvalue weighted by atomic mass is 32.2. The second kappa shape index (κ2) is 8.17. The van der Waals surface area contributed by atoms with Gasteiger partial charge >= 0.3 is 0 Å². The van der Waals surface area contributed by atoms with Gasteiger partial charge in [0.2, 0.25) is 5.91 Å². The average Bonchev–Trinajstić information content (AvgIpc) is 2.99. The summed E-state index contributed by atoms with van der Waals surface area (Å²) in [6.45, 7) is 6.24. The van der Waals surface area contributed by atoms with Crippen molar-refractivity contribution in [2.75, 3.05) is 12.3 Å². The van der Waals surface area contributed by atoms with Gasteiger partial charge in [0.1, 0.15) is 0 Å². The molecule has 0 aliphatic rings. The predicted octanol–water partition coefficient (Wildman–Crippen LogP) is 2.58. The van der Waals surface area contributed by atoms with Gasteiger partial charge in [0, 0.05) is 24.6 Å². The summed E-state index contributed by atoms with van der Waals surface area (Å²) in [7, 11) is 0. The number of carbonyl (C=O) groups excluding carboxylic acids is 1. The molecule has 0 saturated carbocycles. The molecular formula is C17H23N3O2S. The van der Waals surface area contributed by atoms with Gasteiger partial charge in [-0.1, -0.05) is 37.7 Å². The minimum atomic E-state index is -0.537. The number of imidazole rings is 1. The van der Waals surface area contributed by atoms with E-state index in [2.05, 4.69) is 48.4 Å². The van der Waals surface area contributed by atoms with E-state index in [4.69, 9.17) is 5.11 Å². The van der Waals surface area contributed by atoms with Crippen LogP contribution in [0.4, 0.5) is 0 Å². The van der Waals surface area contributed by atoms with Gasteiger partial charge in [-0.3, -0.25) is 9.36 Å². The zero-order chi connectivity index (χ0) is 16.8. The third-order valence-electron chi connectivity index (χ3n) is 3.37. The highest BCUT2D eigenvalue weighted by molar-refractivity contribution is 7.99. The van der Waals surface area contributed by atoms with E-state index in [1.54, 1.807) is 13.1 Å². The summed E-state index contributed by atoms with van der Waals surface area (Å²) in [6.07, 6.45) is 3.08. The van der Waals surface area contributed by atoms with Crippen LogP contribution in [-0.2, 0) is 4.79 Å². The van der Waals surface area contributed by atoms with E-state index in [0.717, 1.165) is 10.8 Å². The molecule has 6 heteroatoms. The molecule has 0 spiro atoms. The van der Waals surface area contributed by atoms with Crippen molar-refractivity contribution in [2.24, 2.45) is 0 Å². The number of amides is 1. The number of nitrogens with one attached hydrogen (secondary N) is 1. The molecule has 1 heterocycles. The molecule has 2 rings (SSSR count). The van der Waals surface area contributed by atoms with Crippen LogP contribution in [-0.4, -0.2) is 39.0 Å². The van der Waals surface area contributed by atoms with Gasteiger partial charge in [0.25, 0.3) is 0 Å². The Labute approximate surface area is 141 Å². The third kappa shape index (κ3) is 5.11. The highest BCUT2D eigenvalue weighted by Crippen LogP contribution is 2.22. The van der Waals surface area contributed by atoms with Crippen LogP contribution < -0.4 is 5.32 Å². The van der Waals surface area contributed by atoms with Crippen molar-refractivity contribution in [3.63, 3.8) is 0 Å². The maximum atomic E-state index is 11.7. The molecule has 0 bridgehead atoms. The smallest absolute Gasteiger partial charge is 0.230 e. The third-order valence-corrected chi connectivity index (χ3v) is 4.34. The fraction of sp³-hybridized carbons (Fsp3) is 0.412. The van der Waals surface area contributed by atoms with Crippen LogP contribution in [0.5, 0.6) is 0 Å². The van der Waals surface area contributed by atoms with E-state index in [1.807, 2.05) is 10.8 Å². The number of benzene rings is 1. The molecule has 0 radical (unpaired) electrons. The van der Waals surface area contributed by atoms with Crippen molar-refractivity contribution >= 4 is 17.7 Å². The molecule has 2 aromatic rings. The zero-order valence-electron chi connectivity index (χ0n) is 13.7. The Morgan fingerprint density at radius 3 is 2.61 bits per heavy atom. The van der Waals surface area contributed by atoms with Gasteiger partial charge in [-0.2, -0.15) is 0 Å². The monoisotopic (exact) mass is 333 g/mol. The molecule has 1 unspecified atom stereocenters. The van der Waals surface area contributed by atoms with Crippen molar-refractivity contribution < 1.29 is 9.90 Å². The number of aliphatic hydroxyl groups excluding tert-OH is 1. The lowest BCUT2D eigenvalue weighted by Crippen LogP contribution is -2.31. The molecule has 5 nitrogen and oxygen atoms in total. The Kier molecular flexibility index (Phi) is 6.24. The summed E-state index contributed by atoms with van der Waals surface area (Å²) in [5.41, 5.74) is 2.32. The predicted molar refractivity (Wildman–Crippen MR) is 93.1 cm³/mol. The molecule has 1 atom stereocenters. The second-order valence-corrected chi connectivity index (χ2v) is 6.71. The summed E-state index contributed by atoms with van der Waals surface area (Å²) >= 11 is 1.38. The molecule has 124 valence electrons. The lowest BCUT2D eigenvalue weighted by atomic mass is 10.0. The summed E-state index contributed by atoms with van der Waals surface area (Å²) < 4.78 is 1.97. The number of hydrogen-bond donors (Lipinski definition) is 2. The quantitative estimate of drug-likeness (QED) is 0.764. The van der Waals surface area contributed by atoms with E-state index in [9.17, 15) is 4.79 Å². The van der Waals surface area contributed by atoms with E-state index >= 15 is 0 Å². The summed E-state index contributed by atoms with van der Waals surface area (Å²) in [5, 5.41) is 12.6. The standard InChI is InChI=1S/C17H23N3O2S/c1-12(2)14-4-6-15(7-5-14)20-9-8-18-17(20)23-11-16(22)19-10-13(3)21/h4-9,12-13,21H,10-11H2,1-3H3,(H,19,22). The van der Waals surface area contributed by atoms with E-state index in [-0.39, 0.29) is 18.2 Å². The number of hydrogen-bond acceptors (Lipinski definition) is 4. The Morgan fingerprint density at radius 2 is 2.00 bits per heavy atom. The SMILES string of the molecule is CC(O)CNC(=O)CSc1nccn1-c1ccc(C(C)C)cc1. The zero-order valence-corrected chi connectivity index (χ0v) is 14.5. The van der Waals surface area contributed by atoms with Crippen molar-refractivity contribution in [1.82, 2.24) is 14.9 Å². The van der Waals surface area contributed by atoms with E-state index in [0.29, 0.717) is 5.92 Å². The normalized spacial score (nSPS) is 12.4. The molecule has 1 aromatic heterocycles. The Balaban J connectivity index is 2.00. The molecule has 0 aliphatic carbocycles. The summed E-state index contributed by atoms with van der Waals surface area (Å²) in [4.78, 5) is 16.0. The number of aromatic nitrogens is 2. The topological polar surface area (TPSA) is 67.2 Å². The lowest BCUT2D eigenvalue weighted by Gasteiger charge is -2.10. The van der Waals surface area contributed by atoms with Crippen molar-refractivity contribution in [3.05, 3.63) is 42.2 Å². The van der Waals surface area contributed by atoms with Gasteiger partial charge < -0.3 is 10.4 Å². The first-order valence-corrected chi connectivity index (χ1v) is 8.67. The first-order valence-electron chi connectivity index (χ1n) is 7.68. The number of nitrogens with zero attached hydrogens (tertiary/aromatic N) is 2. The molecule has 0 saturated heterocycles. The number of rotatable bonds is 7. The Bertz CT molecular complexity index is 636. The average molecular weight is 333 g/mol. The minimum Gasteiger partial charge on any atom is -0.392 e. The first kappa shape index (κ1) is 17.6. The molecule has 0 fully saturated rings. The van der Waals surface area contributed by atoms with Crippen molar-refractivity contribution in [2.45, 2.75) is 37.9 Å². The first-order chi connectivity index (χ1) is 11.0. The molecule has 23 heavy (non-hydrogen) atoms. The fourth-order valence-electron chi connectivity index (χ4n) is 2.06. The maximum absolute atomic E-state index is 11.7. The highest BCUT2D eigenvalue weighted by Gasteiger charge is 2.10. The molecule has 1 aromatic carbocycles. The molecule has 1 amide bonds. The molecule has 2 N–H and O–H groups in total. The summed E-state index contributed by atoms with van der Waals surface area (Å²) in [6, 6.07) is 8.36. The number of carbonyl (C=O) groups is 1. The van der Waals surface area contributed by atoms with Gasteiger partial charge in [-0.05, 0) is 30.5 Å². The molecule has 0 aliphatic heterocycles. The van der Waals surface area contributed by atoms with E-state index in [1.165, 1.54) is 17.3 Å². The van der Waals surface area contributed by atoms with Crippen LogP contribution in [0, 0.1) is 0 Å². The van der Waals surface area contributed by atoms with Crippen molar-refractivity contribution in [1.29, 1.82) is 0 Å². The van der Waals surface area contributed by atoms with Gasteiger partial charge in [-0.15, -0.1) is 0 Å². The van der Waals surface area contributed by atoms with Gasteiger partial charge in [0.05, 0.1) is 11.9 Å². The van der Waals surface area contributed by atoms with Crippen LogP contribution in [0.15, 0.2) is 41.8 Å². The Hall–Kier alpha value is -1.79. The fourth-order valence-corrected chi connectivity index (χ4v) is 2.86. The van der Waals surface area contributed by atoms with Crippen LogP contribution in [0.3, 0.4) is 0 Å². The van der Waals surface area contributed by atoms with E-state index < -0.39 is 6.10 Å². The number of aliphatic hydroxyl groups is 1. The summed E-state index contributed by atoms with van der Waals surface area (Å²) in [5.74, 6) is 0.660. The maximum Gasteiger partial charge on any atom is 0.230 e. The van der Waals surface area contributed by atoms with Crippen LogP contribution in [0.2, 0.25) is 0 Å². The van der Waals surface area contributed by atoms with Gasteiger partial charge in [0.15, 0.2) is 5.16 Å². The van der Waals surface area contributed by atoms with Gasteiger partial charge in [-0.25, -0.2) is 4.98 Å². The van der Waals surface area contributed by atoms with Crippen LogP contribution in [0.1, 0.15) is 32.3 Å². The van der Waals surface area contributed by atoms with Crippen molar-refractivity contribution in [3.8, 4) is 5.69 Å². The number of thioether (sulfide) groups is 1. The van der Waals surface area contributed by atoms with Crippen LogP contribution >= 0.6 is 11.8 Å². The Morgan fingerprint density at radius 1 is 1.30 bits per heavy atom. The second-order valence-electron chi connectivity index (χ2n) is 5.77. The lowest BCUT2D eigenvalue weighted by molar-refractivity contribution is -0.118. The minimum absolute atomic E-state index is 0.111.